The maximum Gasteiger partial charge on any atom is 0.311 e. The van der Waals surface area contributed by atoms with Crippen LogP contribution in [-0.4, -0.2) is 36.6 Å². The fraction of sp³-hybridized carbons (Fsp3) is 0.526. The number of halogens is 1. The molecule has 0 saturated carbocycles. The first kappa shape index (κ1) is 17.0. The van der Waals surface area contributed by atoms with E-state index in [1.807, 2.05) is 10.2 Å². The molecule has 2 bridgehead atoms. The van der Waals surface area contributed by atoms with Crippen LogP contribution in [0.5, 0.6) is 0 Å². The topological polar surface area (TPSA) is 29.5 Å². The molecule has 0 aliphatic carbocycles. The molecule has 124 valence electrons. The lowest BCUT2D eigenvalue weighted by Crippen LogP contribution is -2.49. The van der Waals surface area contributed by atoms with Gasteiger partial charge in [-0.3, -0.25) is 9.69 Å². The highest BCUT2D eigenvalue weighted by atomic mass is 127. The molecule has 3 nitrogen and oxygen atoms in total. The summed E-state index contributed by atoms with van der Waals surface area (Å²) in [6.45, 7) is 2.48. The van der Waals surface area contributed by atoms with Crippen molar-refractivity contribution in [1.29, 1.82) is 0 Å². The lowest BCUT2D eigenvalue weighted by Gasteiger charge is -2.41. The van der Waals surface area contributed by atoms with Crippen molar-refractivity contribution in [3.05, 3.63) is 45.6 Å². The largest absolute Gasteiger partial charge is 0.461 e. The second kappa shape index (κ2) is 7.34. The maximum absolute atomic E-state index is 12.8. The number of esters is 1. The molecule has 0 N–H and O–H groups in total. The molecule has 0 aromatic heterocycles. The third kappa shape index (κ3) is 3.48. The Bertz CT molecular complexity index is 584. The van der Waals surface area contributed by atoms with E-state index in [4.69, 9.17) is 4.74 Å². The number of nitrogens with zero attached hydrogens (tertiary/aromatic N) is 1. The minimum Gasteiger partial charge on any atom is -0.461 e. The second-order valence-corrected chi connectivity index (χ2v) is 7.45. The summed E-state index contributed by atoms with van der Waals surface area (Å²) in [7, 11) is 2.17. The summed E-state index contributed by atoms with van der Waals surface area (Å²) in [4.78, 5) is 15.2. The minimum atomic E-state index is -0.0518. The SMILES string of the molecule is Cc1ccc(C2CC3CCC(C2C(=O)OC/C=C\I)N3C)cc1. The van der Waals surface area contributed by atoms with Crippen LogP contribution in [0.2, 0.25) is 0 Å². The molecule has 2 saturated heterocycles. The van der Waals surface area contributed by atoms with Crippen LogP contribution >= 0.6 is 22.6 Å². The van der Waals surface area contributed by atoms with Crippen molar-refractivity contribution < 1.29 is 9.53 Å². The van der Waals surface area contributed by atoms with Crippen LogP contribution in [-0.2, 0) is 9.53 Å². The van der Waals surface area contributed by atoms with Gasteiger partial charge in [-0.15, -0.1) is 0 Å². The molecular weight excluding hydrogens is 401 g/mol. The number of ether oxygens (including phenoxy) is 1. The number of piperidine rings is 1. The van der Waals surface area contributed by atoms with E-state index in [2.05, 4.69) is 65.7 Å². The molecule has 0 amide bonds. The van der Waals surface area contributed by atoms with E-state index in [9.17, 15) is 4.79 Å². The molecule has 2 fully saturated rings. The Labute approximate surface area is 152 Å². The molecule has 4 heteroatoms. The summed E-state index contributed by atoms with van der Waals surface area (Å²) in [6.07, 6.45) is 5.23. The van der Waals surface area contributed by atoms with E-state index >= 15 is 0 Å². The van der Waals surface area contributed by atoms with Gasteiger partial charge in [0.05, 0.1) is 5.92 Å². The lowest BCUT2D eigenvalue weighted by atomic mass is 9.76. The fourth-order valence-corrected chi connectivity index (χ4v) is 4.41. The Morgan fingerprint density at radius 2 is 2.09 bits per heavy atom. The van der Waals surface area contributed by atoms with Crippen LogP contribution in [0.4, 0.5) is 0 Å². The average molecular weight is 425 g/mol. The van der Waals surface area contributed by atoms with Gasteiger partial charge in [0.1, 0.15) is 6.61 Å². The highest BCUT2D eigenvalue weighted by Crippen LogP contribution is 2.46. The highest BCUT2D eigenvalue weighted by Gasteiger charge is 2.49. The molecule has 23 heavy (non-hydrogen) atoms. The quantitative estimate of drug-likeness (QED) is 0.539. The molecule has 4 unspecified atom stereocenters. The van der Waals surface area contributed by atoms with E-state index in [1.165, 1.54) is 17.5 Å². The number of aryl methyl sites for hydroxylation is 1. The van der Waals surface area contributed by atoms with Gasteiger partial charge < -0.3 is 4.74 Å². The van der Waals surface area contributed by atoms with Gasteiger partial charge in [-0.05, 0) is 49.0 Å². The Kier molecular flexibility index (Phi) is 5.42. The zero-order chi connectivity index (χ0) is 16.4. The van der Waals surface area contributed by atoms with Crippen LogP contribution in [0.1, 0.15) is 36.3 Å². The lowest BCUT2D eigenvalue weighted by molar-refractivity contribution is -0.152. The maximum atomic E-state index is 12.8. The zero-order valence-corrected chi connectivity index (χ0v) is 15.9. The van der Waals surface area contributed by atoms with Gasteiger partial charge >= 0.3 is 5.97 Å². The van der Waals surface area contributed by atoms with Gasteiger partial charge in [0, 0.05) is 18.0 Å². The minimum absolute atomic E-state index is 0.0396. The first-order chi connectivity index (χ1) is 11.1. The van der Waals surface area contributed by atoms with E-state index in [0.29, 0.717) is 18.7 Å². The van der Waals surface area contributed by atoms with E-state index in [1.54, 1.807) is 0 Å². The number of carbonyl (C=O) groups excluding carboxylic acids is 1. The van der Waals surface area contributed by atoms with E-state index in [0.717, 1.165) is 12.8 Å². The Morgan fingerprint density at radius 1 is 1.35 bits per heavy atom. The number of hydrogen-bond donors (Lipinski definition) is 0. The number of fused-ring (bicyclic) bond motifs is 2. The summed E-state index contributed by atoms with van der Waals surface area (Å²) >= 11 is 2.15. The fourth-order valence-electron chi connectivity index (χ4n) is 4.21. The third-order valence-electron chi connectivity index (χ3n) is 5.46. The first-order valence-corrected chi connectivity index (χ1v) is 9.56. The van der Waals surface area contributed by atoms with Gasteiger partial charge in [-0.2, -0.15) is 0 Å². The molecular formula is C19H24INO2. The first-order valence-electron chi connectivity index (χ1n) is 8.32. The Hall–Kier alpha value is -0.880. The van der Waals surface area contributed by atoms with Crippen LogP contribution < -0.4 is 0 Å². The van der Waals surface area contributed by atoms with Crippen molar-refractivity contribution in [3.8, 4) is 0 Å². The monoisotopic (exact) mass is 425 g/mol. The van der Waals surface area contributed by atoms with Crippen molar-refractivity contribution in [2.45, 2.75) is 44.2 Å². The van der Waals surface area contributed by atoms with Crippen molar-refractivity contribution in [1.82, 2.24) is 4.90 Å². The number of carbonyl (C=O) groups is 1. The summed E-state index contributed by atoms with van der Waals surface area (Å²) in [5.41, 5.74) is 2.54. The third-order valence-corrected chi connectivity index (χ3v) is 5.97. The van der Waals surface area contributed by atoms with Crippen LogP contribution in [0.25, 0.3) is 0 Å². The smallest absolute Gasteiger partial charge is 0.311 e. The normalized spacial score (nSPS) is 30.7. The van der Waals surface area contributed by atoms with Gasteiger partial charge in [-0.25, -0.2) is 0 Å². The zero-order valence-electron chi connectivity index (χ0n) is 13.7. The summed E-state index contributed by atoms with van der Waals surface area (Å²) in [5, 5.41) is 0. The standard InChI is InChI=1S/C19H24INO2/c1-13-4-6-14(7-5-13)16-12-15-8-9-17(21(15)2)18(16)19(22)23-11-3-10-20/h3-7,10,15-18H,8-9,11-12H2,1-2H3/b10-3-. The average Bonchev–Trinajstić information content (AvgIpc) is 2.78. The molecule has 0 spiro atoms. The number of hydrogen-bond acceptors (Lipinski definition) is 3. The molecule has 2 aliphatic rings. The molecule has 1 aromatic rings. The summed E-state index contributed by atoms with van der Waals surface area (Å²) < 4.78 is 7.43. The van der Waals surface area contributed by atoms with Crippen LogP contribution in [0.3, 0.4) is 0 Å². The molecule has 0 radical (unpaired) electrons. The molecule has 1 aromatic carbocycles. The molecule has 3 rings (SSSR count). The van der Waals surface area contributed by atoms with Crippen molar-refractivity contribution >= 4 is 28.6 Å². The molecule has 4 atom stereocenters. The van der Waals surface area contributed by atoms with Gasteiger partial charge in [0.25, 0.3) is 0 Å². The predicted octanol–water partition coefficient (Wildman–Crippen LogP) is 4.05. The number of rotatable bonds is 4. The Balaban J connectivity index is 1.86. The Morgan fingerprint density at radius 3 is 2.78 bits per heavy atom. The number of benzene rings is 1. The van der Waals surface area contributed by atoms with Crippen molar-refractivity contribution in [2.24, 2.45) is 5.92 Å². The predicted molar refractivity (Wildman–Crippen MR) is 101 cm³/mol. The van der Waals surface area contributed by atoms with Crippen molar-refractivity contribution in [2.75, 3.05) is 13.7 Å². The highest BCUT2D eigenvalue weighted by molar-refractivity contribution is 14.1. The van der Waals surface area contributed by atoms with Crippen LogP contribution in [0.15, 0.2) is 34.4 Å². The summed E-state index contributed by atoms with van der Waals surface area (Å²) in [5.74, 6) is 0.187. The summed E-state index contributed by atoms with van der Waals surface area (Å²) in [6, 6.07) is 9.60. The van der Waals surface area contributed by atoms with Gasteiger partial charge in [0.15, 0.2) is 0 Å². The molecule has 2 heterocycles. The van der Waals surface area contributed by atoms with E-state index < -0.39 is 0 Å². The van der Waals surface area contributed by atoms with E-state index in [-0.39, 0.29) is 17.8 Å². The van der Waals surface area contributed by atoms with Gasteiger partial charge in [-0.1, -0.05) is 52.4 Å². The molecule has 2 aliphatic heterocycles. The van der Waals surface area contributed by atoms with Crippen LogP contribution in [0, 0.1) is 12.8 Å². The van der Waals surface area contributed by atoms with Gasteiger partial charge in [0.2, 0.25) is 0 Å². The van der Waals surface area contributed by atoms with Crippen molar-refractivity contribution in [3.63, 3.8) is 0 Å². The second-order valence-electron chi connectivity index (χ2n) is 6.73.